The fourth-order valence-electron chi connectivity index (χ4n) is 3.18. The Bertz CT molecular complexity index is 720. The van der Waals surface area contributed by atoms with Crippen LogP contribution in [-0.2, 0) is 4.79 Å². The lowest BCUT2D eigenvalue weighted by atomic mass is 9.96. The third-order valence-electron chi connectivity index (χ3n) is 4.53. The second-order valence-electron chi connectivity index (χ2n) is 6.29. The quantitative estimate of drug-likeness (QED) is 0.946. The molecule has 0 saturated carbocycles. The van der Waals surface area contributed by atoms with Gasteiger partial charge in [0.25, 0.3) is 0 Å². The van der Waals surface area contributed by atoms with Gasteiger partial charge < -0.3 is 10.2 Å². The van der Waals surface area contributed by atoms with E-state index in [-0.39, 0.29) is 11.8 Å². The van der Waals surface area contributed by atoms with E-state index in [4.69, 9.17) is 4.98 Å². The highest BCUT2D eigenvalue weighted by Gasteiger charge is 2.26. The summed E-state index contributed by atoms with van der Waals surface area (Å²) in [4.78, 5) is 23.5. The summed E-state index contributed by atoms with van der Waals surface area (Å²) in [6.07, 6.45) is 1.72. The van der Waals surface area contributed by atoms with Crippen LogP contribution in [0.15, 0.2) is 18.2 Å². The number of piperidine rings is 1. The van der Waals surface area contributed by atoms with Crippen molar-refractivity contribution in [3.63, 3.8) is 0 Å². The Labute approximate surface area is 137 Å². The average Bonchev–Trinajstić information content (AvgIpc) is 2.56. The summed E-state index contributed by atoms with van der Waals surface area (Å²) < 4.78 is 0. The Kier molecular flexibility index (Phi) is 4.46. The number of fused-ring (bicyclic) bond motifs is 1. The van der Waals surface area contributed by atoms with Crippen LogP contribution >= 0.6 is 0 Å². The van der Waals surface area contributed by atoms with Crippen molar-refractivity contribution in [2.75, 3.05) is 24.5 Å². The lowest BCUT2D eigenvalue weighted by molar-refractivity contribution is -0.125. The minimum absolute atomic E-state index is 0.121. The number of carbonyl (C=O) groups excluding carboxylic acids is 1. The van der Waals surface area contributed by atoms with Crippen LogP contribution < -0.4 is 10.2 Å². The highest BCUT2D eigenvalue weighted by Crippen LogP contribution is 2.24. The van der Waals surface area contributed by atoms with Crippen LogP contribution in [0.4, 0.5) is 5.95 Å². The minimum atomic E-state index is 0.121. The highest BCUT2D eigenvalue weighted by atomic mass is 16.1. The molecule has 1 aromatic carbocycles. The Balaban J connectivity index is 1.77. The molecule has 23 heavy (non-hydrogen) atoms. The summed E-state index contributed by atoms with van der Waals surface area (Å²) in [5.41, 5.74) is 3.23. The van der Waals surface area contributed by atoms with Gasteiger partial charge in [-0.1, -0.05) is 11.6 Å². The standard InChI is InChI=1S/C18H24N4O/c1-4-19-17(23)14-7-9-22(10-8-14)18-20-13(3)15-11-12(2)5-6-16(15)21-18/h5-6,11,14H,4,7-10H2,1-3H3,(H,19,23). The van der Waals surface area contributed by atoms with Crippen LogP contribution in [0.25, 0.3) is 10.9 Å². The highest BCUT2D eigenvalue weighted by molar-refractivity contribution is 5.82. The van der Waals surface area contributed by atoms with E-state index in [0.717, 1.165) is 48.5 Å². The van der Waals surface area contributed by atoms with E-state index in [1.807, 2.05) is 13.8 Å². The molecule has 1 aliphatic rings. The number of carbonyl (C=O) groups is 1. The molecule has 3 rings (SSSR count). The topological polar surface area (TPSA) is 58.1 Å². The molecule has 1 N–H and O–H groups in total. The van der Waals surface area contributed by atoms with Crippen LogP contribution in [0, 0.1) is 19.8 Å². The van der Waals surface area contributed by atoms with E-state index in [2.05, 4.69) is 40.3 Å². The number of anilines is 1. The molecule has 2 aromatic rings. The molecule has 0 bridgehead atoms. The number of rotatable bonds is 3. The normalized spacial score (nSPS) is 15.9. The van der Waals surface area contributed by atoms with Crippen molar-refractivity contribution in [1.82, 2.24) is 15.3 Å². The first kappa shape index (κ1) is 15.7. The molecule has 0 atom stereocenters. The molecule has 2 heterocycles. The van der Waals surface area contributed by atoms with Crippen LogP contribution in [-0.4, -0.2) is 35.5 Å². The Morgan fingerprint density at radius 2 is 2.00 bits per heavy atom. The molecule has 1 fully saturated rings. The van der Waals surface area contributed by atoms with Gasteiger partial charge in [0.1, 0.15) is 0 Å². The molecule has 5 heteroatoms. The zero-order chi connectivity index (χ0) is 16.4. The fraction of sp³-hybridized carbons (Fsp3) is 0.500. The molecule has 122 valence electrons. The summed E-state index contributed by atoms with van der Waals surface area (Å²) in [6, 6.07) is 6.28. The number of nitrogens with one attached hydrogen (secondary N) is 1. The van der Waals surface area contributed by atoms with E-state index in [9.17, 15) is 4.79 Å². The van der Waals surface area contributed by atoms with Gasteiger partial charge in [0.2, 0.25) is 11.9 Å². The number of hydrogen-bond donors (Lipinski definition) is 1. The maximum atomic E-state index is 11.9. The van der Waals surface area contributed by atoms with Crippen molar-refractivity contribution in [3.05, 3.63) is 29.5 Å². The van der Waals surface area contributed by atoms with Gasteiger partial charge in [-0.05, 0) is 45.7 Å². The van der Waals surface area contributed by atoms with Gasteiger partial charge in [-0.3, -0.25) is 4.79 Å². The first-order chi connectivity index (χ1) is 11.1. The molecule has 0 unspecified atom stereocenters. The van der Waals surface area contributed by atoms with Crippen molar-refractivity contribution >= 4 is 22.8 Å². The summed E-state index contributed by atoms with van der Waals surface area (Å²) in [5, 5.41) is 4.04. The Morgan fingerprint density at radius 3 is 2.70 bits per heavy atom. The molecule has 0 aliphatic carbocycles. The van der Waals surface area contributed by atoms with Crippen molar-refractivity contribution in [2.24, 2.45) is 5.92 Å². The maximum absolute atomic E-state index is 11.9. The third kappa shape index (κ3) is 3.28. The van der Waals surface area contributed by atoms with Gasteiger partial charge >= 0.3 is 0 Å². The SMILES string of the molecule is CCNC(=O)C1CCN(c2nc(C)c3cc(C)ccc3n2)CC1. The monoisotopic (exact) mass is 312 g/mol. The molecule has 0 spiro atoms. The molecule has 5 nitrogen and oxygen atoms in total. The van der Waals surface area contributed by atoms with Crippen LogP contribution in [0.2, 0.25) is 0 Å². The number of hydrogen-bond acceptors (Lipinski definition) is 4. The lowest BCUT2D eigenvalue weighted by Gasteiger charge is -2.31. The summed E-state index contributed by atoms with van der Waals surface area (Å²) in [6.45, 7) is 8.44. The minimum Gasteiger partial charge on any atom is -0.356 e. The molecular formula is C18H24N4O. The largest absolute Gasteiger partial charge is 0.356 e. The van der Waals surface area contributed by atoms with Gasteiger partial charge in [-0.25, -0.2) is 9.97 Å². The Morgan fingerprint density at radius 1 is 1.26 bits per heavy atom. The van der Waals surface area contributed by atoms with E-state index >= 15 is 0 Å². The average molecular weight is 312 g/mol. The zero-order valence-corrected chi connectivity index (χ0v) is 14.1. The second kappa shape index (κ2) is 6.52. The molecule has 1 aliphatic heterocycles. The van der Waals surface area contributed by atoms with Gasteiger partial charge in [0.05, 0.1) is 11.2 Å². The second-order valence-corrected chi connectivity index (χ2v) is 6.29. The number of nitrogens with zero attached hydrogens (tertiary/aromatic N) is 3. The smallest absolute Gasteiger partial charge is 0.226 e. The number of aromatic nitrogens is 2. The summed E-state index contributed by atoms with van der Waals surface area (Å²) in [5.74, 6) is 1.09. The Hall–Kier alpha value is -2.17. The van der Waals surface area contributed by atoms with Crippen LogP contribution in [0.3, 0.4) is 0 Å². The zero-order valence-electron chi connectivity index (χ0n) is 14.1. The van der Waals surface area contributed by atoms with E-state index in [1.54, 1.807) is 0 Å². The van der Waals surface area contributed by atoms with Gasteiger partial charge in [-0.15, -0.1) is 0 Å². The fourth-order valence-corrected chi connectivity index (χ4v) is 3.18. The van der Waals surface area contributed by atoms with Crippen LogP contribution in [0.5, 0.6) is 0 Å². The van der Waals surface area contributed by atoms with Gasteiger partial charge in [0, 0.05) is 30.9 Å². The van der Waals surface area contributed by atoms with E-state index < -0.39 is 0 Å². The van der Waals surface area contributed by atoms with E-state index in [1.165, 1.54) is 5.56 Å². The summed E-state index contributed by atoms with van der Waals surface area (Å²) >= 11 is 0. The first-order valence-corrected chi connectivity index (χ1v) is 8.36. The van der Waals surface area contributed by atoms with Gasteiger partial charge in [0.15, 0.2) is 0 Å². The first-order valence-electron chi connectivity index (χ1n) is 8.36. The maximum Gasteiger partial charge on any atom is 0.226 e. The van der Waals surface area contributed by atoms with Crippen molar-refractivity contribution in [3.8, 4) is 0 Å². The lowest BCUT2D eigenvalue weighted by Crippen LogP contribution is -2.41. The predicted molar refractivity (Wildman–Crippen MR) is 92.6 cm³/mol. The molecule has 1 aromatic heterocycles. The molecule has 1 saturated heterocycles. The van der Waals surface area contributed by atoms with Crippen LogP contribution in [0.1, 0.15) is 31.0 Å². The predicted octanol–water partition coefficient (Wildman–Crippen LogP) is 2.60. The third-order valence-corrected chi connectivity index (χ3v) is 4.53. The molecule has 0 radical (unpaired) electrons. The summed E-state index contributed by atoms with van der Waals surface area (Å²) in [7, 11) is 0. The van der Waals surface area contributed by atoms with Gasteiger partial charge in [-0.2, -0.15) is 0 Å². The van der Waals surface area contributed by atoms with Crippen molar-refractivity contribution < 1.29 is 4.79 Å². The number of benzene rings is 1. The molecular weight excluding hydrogens is 288 g/mol. The number of amides is 1. The van der Waals surface area contributed by atoms with Crippen molar-refractivity contribution in [1.29, 1.82) is 0 Å². The van der Waals surface area contributed by atoms with Crippen molar-refractivity contribution in [2.45, 2.75) is 33.6 Å². The van der Waals surface area contributed by atoms with E-state index in [0.29, 0.717) is 6.54 Å². The number of aryl methyl sites for hydroxylation is 2. The molecule has 1 amide bonds.